The highest BCUT2D eigenvalue weighted by Gasteiger charge is 2.00. The molecule has 0 spiro atoms. The fourth-order valence-corrected chi connectivity index (χ4v) is 1.64. The zero-order chi connectivity index (χ0) is 10.8. The van der Waals surface area contributed by atoms with Crippen molar-refractivity contribution in [2.75, 3.05) is 5.73 Å². The van der Waals surface area contributed by atoms with Gasteiger partial charge in [0.05, 0.1) is 12.2 Å². The number of pyridine rings is 1. The molecule has 0 amide bonds. The molecule has 0 unspecified atom stereocenters. The van der Waals surface area contributed by atoms with Gasteiger partial charge in [0.25, 0.3) is 0 Å². The van der Waals surface area contributed by atoms with Gasteiger partial charge in [0.1, 0.15) is 5.82 Å². The maximum absolute atomic E-state index is 5.54. The molecule has 2 aromatic rings. The minimum atomic E-state index is 0.541. The summed E-state index contributed by atoms with van der Waals surface area (Å²) in [5.41, 5.74) is 8.80. The summed E-state index contributed by atoms with van der Waals surface area (Å²) in [5, 5.41) is 4.12. The predicted octanol–water partition coefficient (Wildman–Crippen LogP) is 1.53. The van der Waals surface area contributed by atoms with Crippen LogP contribution >= 0.6 is 0 Å². The lowest BCUT2D eigenvalue weighted by Gasteiger charge is -2.04. The molecule has 0 aliphatic heterocycles. The van der Waals surface area contributed by atoms with Crippen molar-refractivity contribution in [1.82, 2.24) is 14.8 Å². The van der Waals surface area contributed by atoms with Crippen LogP contribution in [0.25, 0.3) is 0 Å². The van der Waals surface area contributed by atoms with Gasteiger partial charge in [-0.05, 0) is 37.6 Å². The van der Waals surface area contributed by atoms with Crippen LogP contribution in [0.2, 0.25) is 0 Å². The number of hydrogen-bond donors (Lipinski definition) is 1. The van der Waals surface area contributed by atoms with E-state index in [-0.39, 0.29) is 0 Å². The Hall–Kier alpha value is -1.84. The highest BCUT2D eigenvalue weighted by molar-refractivity contribution is 5.25. The third-order valence-electron chi connectivity index (χ3n) is 2.14. The van der Waals surface area contributed by atoms with E-state index in [1.54, 1.807) is 10.7 Å². The maximum Gasteiger partial charge on any atom is 0.145 e. The van der Waals surface area contributed by atoms with Crippen molar-refractivity contribution in [3.8, 4) is 0 Å². The van der Waals surface area contributed by atoms with E-state index < -0.39 is 0 Å². The van der Waals surface area contributed by atoms with Gasteiger partial charge in [0.15, 0.2) is 0 Å². The van der Waals surface area contributed by atoms with Crippen molar-refractivity contribution in [2.45, 2.75) is 20.4 Å². The van der Waals surface area contributed by atoms with Crippen LogP contribution in [0.4, 0.5) is 5.82 Å². The number of anilines is 1. The van der Waals surface area contributed by atoms with E-state index in [4.69, 9.17) is 5.73 Å². The molecule has 0 saturated carbocycles. The molecule has 78 valence electrons. The molecule has 0 aromatic carbocycles. The molecule has 0 aliphatic rings. The molecular formula is C11H14N4. The van der Waals surface area contributed by atoms with Crippen LogP contribution in [0, 0.1) is 13.8 Å². The molecule has 4 nitrogen and oxygen atoms in total. The second kappa shape index (κ2) is 3.73. The summed E-state index contributed by atoms with van der Waals surface area (Å²) in [5.74, 6) is 0.541. The molecule has 4 heteroatoms. The lowest BCUT2D eigenvalue weighted by Crippen LogP contribution is -2.04. The summed E-state index contributed by atoms with van der Waals surface area (Å²) in [7, 11) is 0. The highest BCUT2D eigenvalue weighted by atomic mass is 15.3. The van der Waals surface area contributed by atoms with E-state index in [0.717, 1.165) is 11.4 Å². The van der Waals surface area contributed by atoms with Crippen molar-refractivity contribution in [3.63, 3.8) is 0 Å². The first-order chi connectivity index (χ1) is 7.13. The molecule has 0 atom stereocenters. The summed E-state index contributed by atoms with van der Waals surface area (Å²) in [6.45, 7) is 4.73. The molecule has 2 aromatic heterocycles. The molecule has 0 radical (unpaired) electrons. The normalized spacial score (nSPS) is 10.5. The van der Waals surface area contributed by atoms with Gasteiger partial charge < -0.3 is 5.73 Å². The molecular weight excluding hydrogens is 188 g/mol. The number of aryl methyl sites for hydroxylation is 2. The monoisotopic (exact) mass is 202 g/mol. The molecule has 2 rings (SSSR count). The van der Waals surface area contributed by atoms with Gasteiger partial charge in [-0.2, -0.15) is 5.10 Å². The molecule has 0 fully saturated rings. The standard InChI is InChI=1S/C11H14N4/c1-8-5-9(2)13-10(6-8)7-15-4-3-11(12)14-15/h3-6H,7H2,1-2H3,(H2,12,14). The highest BCUT2D eigenvalue weighted by Crippen LogP contribution is 2.06. The smallest absolute Gasteiger partial charge is 0.145 e. The topological polar surface area (TPSA) is 56.7 Å². The summed E-state index contributed by atoms with van der Waals surface area (Å²) in [6.07, 6.45) is 1.86. The Morgan fingerprint density at radius 1 is 1.33 bits per heavy atom. The Bertz CT molecular complexity index is 453. The molecule has 2 N–H and O–H groups in total. The van der Waals surface area contributed by atoms with Gasteiger partial charge in [-0.3, -0.25) is 9.67 Å². The zero-order valence-corrected chi connectivity index (χ0v) is 8.94. The number of aromatic nitrogens is 3. The number of nitrogens with zero attached hydrogens (tertiary/aromatic N) is 3. The summed E-state index contributed by atoms with van der Waals surface area (Å²) in [4.78, 5) is 4.44. The van der Waals surface area contributed by atoms with E-state index in [9.17, 15) is 0 Å². The number of nitrogen functional groups attached to an aromatic ring is 1. The lowest BCUT2D eigenvalue weighted by atomic mass is 10.2. The van der Waals surface area contributed by atoms with Crippen molar-refractivity contribution in [2.24, 2.45) is 0 Å². The number of hydrogen-bond acceptors (Lipinski definition) is 3. The quantitative estimate of drug-likeness (QED) is 0.803. The van der Waals surface area contributed by atoms with Gasteiger partial charge in [-0.15, -0.1) is 0 Å². The first kappa shape index (κ1) is 9.71. The van der Waals surface area contributed by atoms with E-state index in [1.807, 2.05) is 13.1 Å². The second-order valence-electron chi connectivity index (χ2n) is 3.72. The first-order valence-corrected chi connectivity index (χ1v) is 4.86. The second-order valence-corrected chi connectivity index (χ2v) is 3.72. The van der Waals surface area contributed by atoms with Crippen LogP contribution < -0.4 is 5.73 Å². The van der Waals surface area contributed by atoms with Crippen LogP contribution in [0.3, 0.4) is 0 Å². The lowest BCUT2D eigenvalue weighted by molar-refractivity contribution is 0.673. The number of nitrogens with two attached hydrogens (primary N) is 1. The third-order valence-corrected chi connectivity index (χ3v) is 2.14. The van der Waals surface area contributed by atoms with Crippen molar-refractivity contribution < 1.29 is 0 Å². The fourth-order valence-electron chi connectivity index (χ4n) is 1.64. The maximum atomic E-state index is 5.54. The van der Waals surface area contributed by atoms with Gasteiger partial charge in [-0.1, -0.05) is 0 Å². The Balaban J connectivity index is 2.24. The SMILES string of the molecule is Cc1cc(C)nc(Cn2ccc(N)n2)c1. The minimum absolute atomic E-state index is 0.541. The molecule has 15 heavy (non-hydrogen) atoms. The van der Waals surface area contributed by atoms with E-state index in [0.29, 0.717) is 12.4 Å². The predicted molar refractivity (Wildman–Crippen MR) is 59.5 cm³/mol. The Kier molecular flexibility index (Phi) is 2.41. The van der Waals surface area contributed by atoms with Crippen LogP contribution in [0.1, 0.15) is 17.0 Å². The van der Waals surface area contributed by atoms with Crippen LogP contribution in [-0.4, -0.2) is 14.8 Å². The van der Waals surface area contributed by atoms with Crippen LogP contribution in [-0.2, 0) is 6.54 Å². The zero-order valence-electron chi connectivity index (χ0n) is 8.94. The summed E-state index contributed by atoms with van der Waals surface area (Å²) >= 11 is 0. The van der Waals surface area contributed by atoms with Crippen molar-refractivity contribution in [3.05, 3.63) is 41.3 Å². The van der Waals surface area contributed by atoms with Crippen molar-refractivity contribution in [1.29, 1.82) is 0 Å². The molecule has 2 heterocycles. The first-order valence-electron chi connectivity index (χ1n) is 4.86. The van der Waals surface area contributed by atoms with Gasteiger partial charge in [0, 0.05) is 11.9 Å². The summed E-state index contributed by atoms with van der Waals surface area (Å²) in [6, 6.07) is 5.90. The third kappa shape index (κ3) is 2.34. The van der Waals surface area contributed by atoms with Gasteiger partial charge in [0.2, 0.25) is 0 Å². The Morgan fingerprint density at radius 2 is 2.13 bits per heavy atom. The van der Waals surface area contributed by atoms with E-state index in [1.165, 1.54) is 5.56 Å². The van der Waals surface area contributed by atoms with Gasteiger partial charge in [-0.25, -0.2) is 0 Å². The van der Waals surface area contributed by atoms with Crippen molar-refractivity contribution >= 4 is 5.82 Å². The van der Waals surface area contributed by atoms with Crippen LogP contribution in [0.15, 0.2) is 24.4 Å². The largest absolute Gasteiger partial charge is 0.382 e. The molecule has 0 aliphatic carbocycles. The Labute approximate surface area is 88.8 Å². The van der Waals surface area contributed by atoms with E-state index >= 15 is 0 Å². The van der Waals surface area contributed by atoms with E-state index in [2.05, 4.69) is 29.1 Å². The van der Waals surface area contributed by atoms with Crippen LogP contribution in [0.5, 0.6) is 0 Å². The Morgan fingerprint density at radius 3 is 2.73 bits per heavy atom. The number of rotatable bonds is 2. The minimum Gasteiger partial charge on any atom is -0.382 e. The average Bonchev–Trinajstić information content (AvgIpc) is 2.49. The van der Waals surface area contributed by atoms with Gasteiger partial charge >= 0.3 is 0 Å². The molecule has 0 saturated heterocycles. The average molecular weight is 202 g/mol. The summed E-state index contributed by atoms with van der Waals surface area (Å²) < 4.78 is 1.79. The molecule has 0 bridgehead atoms. The fraction of sp³-hybridized carbons (Fsp3) is 0.273.